The second-order valence-electron chi connectivity index (χ2n) is 4.78. The summed E-state index contributed by atoms with van der Waals surface area (Å²) in [5, 5.41) is 4.37. The number of benzene rings is 1. The van der Waals surface area contributed by atoms with Crippen molar-refractivity contribution in [1.82, 2.24) is 9.78 Å². The Morgan fingerprint density at radius 3 is 2.60 bits per heavy atom. The highest BCUT2D eigenvalue weighted by Gasteiger charge is 2.23. The predicted molar refractivity (Wildman–Crippen MR) is 87.0 cm³/mol. The van der Waals surface area contributed by atoms with Crippen LogP contribution in [-0.2, 0) is 0 Å². The Labute approximate surface area is 135 Å². The smallest absolute Gasteiger partial charge is 0.161 e. The van der Waals surface area contributed by atoms with Gasteiger partial charge < -0.3 is 10.5 Å². The van der Waals surface area contributed by atoms with E-state index >= 15 is 0 Å². The van der Waals surface area contributed by atoms with Crippen LogP contribution in [0.2, 0.25) is 0 Å². The molecule has 0 aliphatic carbocycles. The molecule has 0 amide bonds. The molecule has 0 spiro atoms. The first-order valence-corrected chi connectivity index (χ1v) is 7.86. The van der Waals surface area contributed by atoms with Crippen LogP contribution in [0.4, 0.5) is 0 Å². The van der Waals surface area contributed by atoms with Crippen molar-refractivity contribution in [2.24, 2.45) is 5.73 Å². The predicted octanol–water partition coefficient (Wildman–Crippen LogP) is 4.05. The van der Waals surface area contributed by atoms with Crippen LogP contribution in [0.25, 0.3) is 0 Å². The largest absolute Gasteiger partial charge is 0.493 e. The van der Waals surface area contributed by atoms with E-state index < -0.39 is 0 Å². The lowest BCUT2D eigenvalue weighted by Gasteiger charge is -2.19. The molecule has 6 heteroatoms. The second-order valence-corrected chi connectivity index (χ2v) is 6.55. The van der Waals surface area contributed by atoms with E-state index in [4.69, 9.17) is 10.5 Å². The molecule has 4 nitrogen and oxygen atoms in total. The van der Waals surface area contributed by atoms with Crippen molar-refractivity contribution < 1.29 is 4.74 Å². The molecule has 0 aliphatic rings. The van der Waals surface area contributed by atoms with Gasteiger partial charge in [-0.05, 0) is 37.6 Å². The third-order valence-corrected chi connectivity index (χ3v) is 4.31. The van der Waals surface area contributed by atoms with E-state index in [9.17, 15) is 0 Å². The number of aromatic nitrogens is 2. The highest BCUT2D eigenvalue weighted by molar-refractivity contribution is 9.11. The lowest BCUT2D eigenvalue weighted by Crippen LogP contribution is -2.20. The van der Waals surface area contributed by atoms with Crippen molar-refractivity contribution in [3.63, 3.8) is 0 Å². The van der Waals surface area contributed by atoms with Gasteiger partial charge in [-0.2, -0.15) is 5.10 Å². The van der Waals surface area contributed by atoms with E-state index in [2.05, 4.69) is 50.8 Å². The number of hydrogen-bond acceptors (Lipinski definition) is 3. The summed E-state index contributed by atoms with van der Waals surface area (Å²) in [7, 11) is 1.63. The first-order chi connectivity index (χ1) is 9.45. The molecule has 2 aromatic rings. The number of methoxy groups -OCH3 is 1. The van der Waals surface area contributed by atoms with Crippen LogP contribution in [0.3, 0.4) is 0 Å². The van der Waals surface area contributed by atoms with Crippen molar-refractivity contribution in [2.75, 3.05) is 7.11 Å². The molecule has 2 N–H and O–H groups in total. The van der Waals surface area contributed by atoms with Crippen molar-refractivity contribution in [1.29, 1.82) is 0 Å². The van der Waals surface area contributed by atoms with Gasteiger partial charge in [0, 0.05) is 15.0 Å². The minimum Gasteiger partial charge on any atom is -0.493 e. The first-order valence-electron chi connectivity index (χ1n) is 6.27. The average Bonchev–Trinajstić information content (AvgIpc) is 2.84. The lowest BCUT2D eigenvalue weighted by atomic mass is 10.0. The van der Waals surface area contributed by atoms with Gasteiger partial charge in [-0.1, -0.05) is 31.9 Å². The standard InChI is InChI=1S/C14H17Br2N3O/c1-8(2)19-14(12(20-3)7-18-19)13(17)10-6-9(15)4-5-11(10)16/h4-8,13H,17H2,1-3H3. The number of halogens is 2. The molecule has 0 aliphatic heterocycles. The number of hydrogen-bond donors (Lipinski definition) is 1. The molecule has 0 fully saturated rings. The van der Waals surface area contributed by atoms with Crippen LogP contribution in [0.15, 0.2) is 33.3 Å². The van der Waals surface area contributed by atoms with Crippen LogP contribution < -0.4 is 10.5 Å². The zero-order valence-electron chi connectivity index (χ0n) is 11.6. The van der Waals surface area contributed by atoms with Crippen LogP contribution in [-0.4, -0.2) is 16.9 Å². The van der Waals surface area contributed by atoms with E-state index in [1.165, 1.54) is 0 Å². The molecule has 1 atom stereocenters. The Kier molecular flexibility index (Phi) is 4.88. The Morgan fingerprint density at radius 2 is 2.00 bits per heavy atom. The maximum Gasteiger partial charge on any atom is 0.161 e. The molecule has 1 aromatic carbocycles. The molecule has 1 unspecified atom stereocenters. The second kappa shape index (κ2) is 6.28. The van der Waals surface area contributed by atoms with Crippen LogP contribution in [0.5, 0.6) is 5.75 Å². The molecule has 1 aromatic heterocycles. The highest BCUT2D eigenvalue weighted by Crippen LogP contribution is 2.34. The van der Waals surface area contributed by atoms with E-state index in [0.29, 0.717) is 5.75 Å². The average molecular weight is 403 g/mol. The fraction of sp³-hybridized carbons (Fsp3) is 0.357. The minimum absolute atomic E-state index is 0.214. The summed E-state index contributed by atoms with van der Waals surface area (Å²) in [5.41, 5.74) is 8.32. The third-order valence-electron chi connectivity index (χ3n) is 3.10. The molecule has 1 heterocycles. The summed E-state index contributed by atoms with van der Waals surface area (Å²) in [6.45, 7) is 4.14. The van der Waals surface area contributed by atoms with Crippen LogP contribution in [0, 0.1) is 0 Å². The van der Waals surface area contributed by atoms with Gasteiger partial charge in [0.25, 0.3) is 0 Å². The Balaban J connectivity index is 2.55. The summed E-state index contributed by atoms with van der Waals surface area (Å²) < 4.78 is 9.25. The molecule has 0 saturated carbocycles. The van der Waals surface area contributed by atoms with Crippen LogP contribution in [0.1, 0.15) is 37.2 Å². The van der Waals surface area contributed by atoms with E-state index in [1.807, 2.05) is 22.9 Å². The van der Waals surface area contributed by atoms with Gasteiger partial charge in [0.05, 0.1) is 19.3 Å². The molecule has 20 heavy (non-hydrogen) atoms. The van der Waals surface area contributed by atoms with E-state index in [-0.39, 0.29) is 12.1 Å². The molecule has 0 bridgehead atoms. The third kappa shape index (κ3) is 2.92. The summed E-state index contributed by atoms with van der Waals surface area (Å²) >= 11 is 7.03. The number of rotatable bonds is 4. The first kappa shape index (κ1) is 15.5. The number of ether oxygens (including phenoxy) is 1. The van der Waals surface area contributed by atoms with Crippen molar-refractivity contribution in [3.8, 4) is 5.75 Å². The summed E-state index contributed by atoms with van der Waals surface area (Å²) in [6, 6.07) is 5.85. The number of nitrogens with zero attached hydrogens (tertiary/aromatic N) is 2. The Morgan fingerprint density at radius 1 is 1.30 bits per heavy atom. The Bertz CT molecular complexity index is 610. The fourth-order valence-electron chi connectivity index (χ4n) is 2.12. The highest BCUT2D eigenvalue weighted by atomic mass is 79.9. The van der Waals surface area contributed by atoms with Gasteiger partial charge >= 0.3 is 0 Å². The fourth-order valence-corrected chi connectivity index (χ4v) is 2.99. The van der Waals surface area contributed by atoms with Gasteiger partial charge in [-0.3, -0.25) is 4.68 Å². The summed E-state index contributed by atoms with van der Waals surface area (Å²) in [4.78, 5) is 0. The topological polar surface area (TPSA) is 53.1 Å². The van der Waals surface area contributed by atoms with Crippen LogP contribution >= 0.6 is 31.9 Å². The molecule has 2 rings (SSSR count). The SMILES string of the molecule is COc1cnn(C(C)C)c1C(N)c1cc(Br)ccc1Br. The summed E-state index contributed by atoms with van der Waals surface area (Å²) in [5.74, 6) is 0.707. The molecule has 0 saturated heterocycles. The molecular formula is C14H17Br2N3O. The van der Waals surface area contributed by atoms with Crippen molar-refractivity contribution >= 4 is 31.9 Å². The lowest BCUT2D eigenvalue weighted by molar-refractivity contribution is 0.401. The van der Waals surface area contributed by atoms with Crippen molar-refractivity contribution in [2.45, 2.75) is 25.9 Å². The van der Waals surface area contributed by atoms with Gasteiger partial charge in [0.2, 0.25) is 0 Å². The maximum atomic E-state index is 6.45. The Hall–Kier alpha value is -0.850. The molecule has 0 radical (unpaired) electrons. The summed E-state index contributed by atoms with van der Waals surface area (Å²) in [6.07, 6.45) is 1.71. The van der Waals surface area contributed by atoms with E-state index in [1.54, 1.807) is 13.3 Å². The zero-order valence-corrected chi connectivity index (χ0v) is 14.8. The van der Waals surface area contributed by atoms with E-state index in [0.717, 1.165) is 20.2 Å². The van der Waals surface area contributed by atoms with Gasteiger partial charge in [0.15, 0.2) is 5.75 Å². The zero-order chi connectivity index (χ0) is 14.9. The molecule has 108 valence electrons. The monoisotopic (exact) mass is 401 g/mol. The van der Waals surface area contributed by atoms with Crippen molar-refractivity contribution in [3.05, 3.63) is 44.6 Å². The maximum absolute atomic E-state index is 6.45. The van der Waals surface area contributed by atoms with Gasteiger partial charge in [-0.25, -0.2) is 0 Å². The van der Waals surface area contributed by atoms with Gasteiger partial charge in [-0.15, -0.1) is 0 Å². The number of nitrogens with two attached hydrogens (primary N) is 1. The normalized spacial score (nSPS) is 12.8. The molecular weight excluding hydrogens is 386 g/mol. The van der Waals surface area contributed by atoms with Gasteiger partial charge in [0.1, 0.15) is 5.69 Å². The quantitative estimate of drug-likeness (QED) is 0.839. The minimum atomic E-state index is -0.318.